The lowest BCUT2D eigenvalue weighted by molar-refractivity contribution is -0.125. The summed E-state index contributed by atoms with van der Waals surface area (Å²) in [6.07, 6.45) is 4.82. The summed E-state index contributed by atoms with van der Waals surface area (Å²) >= 11 is 0. The number of benzene rings is 1. The maximum atomic E-state index is 13.0. The average molecular weight is 391 g/mol. The summed E-state index contributed by atoms with van der Waals surface area (Å²) in [5.74, 6) is 1.15. The van der Waals surface area contributed by atoms with E-state index in [9.17, 15) is 4.79 Å². The molecule has 0 radical (unpaired) electrons. The van der Waals surface area contributed by atoms with Crippen LogP contribution in [0.4, 0.5) is 0 Å². The minimum atomic E-state index is -0.0574. The van der Waals surface area contributed by atoms with Gasteiger partial charge in [-0.25, -0.2) is 0 Å². The monoisotopic (exact) mass is 390 g/mol. The number of methoxy groups -OCH3 is 1. The lowest BCUT2D eigenvalue weighted by Crippen LogP contribution is -2.38. The molecular weight excluding hydrogens is 364 g/mol. The summed E-state index contributed by atoms with van der Waals surface area (Å²) in [6.45, 7) is 3.73. The maximum Gasteiger partial charge on any atom is 0.225 e. The number of amides is 1. The van der Waals surface area contributed by atoms with Gasteiger partial charge in [0.05, 0.1) is 19.2 Å². The first-order valence-corrected chi connectivity index (χ1v) is 9.16. The molecule has 146 valence electrons. The van der Waals surface area contributed by atoms with Gasteiger partial charge in [0.2, 0.25) is 5.91 Å². The standard InChI is InChI=1S/C20H26N4O2.ClH/c1-20(16-6-4-5-7-17(16)26-3)8-18(20)23-19(25)15-11-21-10-14(15)13-9-22-24(2)12-13;/h4-7,9,12,14-15,18,21H,8,10-11H2,1-3H3,(H,23,25);1H/t14-,15+,18?,20?;/m1./s1. The van der Waals surface area contributed by atoms with Crippen molar-refractivity contribution in [1.29, 1.82) is 0 Å². The highest BCUT2D eigenvalue weighted by Crippen LogP contribution is 2.51. The van der Waals surface area contributed by atoms with Gasteiger partial charge in [0, 0.05) is 49.3 Å². The van der Waals surface area contributed by atoms with Crippen LogP contribution in [0.15, 0.2) is 36.7 Å². The highest BCUT2D eigenvalue weighted by molar-refractivity contribution is 5.85. The number of hydrogen-bond donors (Lipinski definition) is 2. The van der Waals surface area contributed by atoms with E-state index in [4.69, 9.17) is 4.74 Å². The third-order valence-electron chi connectivity index (χ3n) is 5.98. The number of nitrogens with one attached hydrogen (secondary N) is 2. The Balaban J connectivity index is 0.00000210. The Kier molecular flexibility index (Phi) is 5.49. The molecule has 2 aliphatic rings. The molecule has 1 aliphatic carbocycles. The van der Waals surface area contributed by atoms with E-state index >= 15 is 0 Å². The molecule has 7 heteroatoms. The lowest BCUT2D eigenvalue weighted by atomic mass is 9.90. The molecule has 27 heavy (non-hydrogen) atoms. The zero-order chi connectivity index (χ0) is 18.3. The van der Waals surface area contributed by atoms with Crippen molar-refractivity contribution in [3.05, 3.63) is 47.8 Å². The van der Waals surface area contributed by atoms with Crippen LogP contribution in [-0.2, 0) is 17.3 Å². The number of carbonyl (C=O) groups excluding carboxylic acids is 1. The predicted molar refractivity (Wildman–Crippen MR) is 106 cm³/mol. The maximum absolute atomic E-state index is 13.0. The molecule has 2 N–H and O–H groups in total. The molecule has 4 rings (SSSR count). The highest BCUT2D eigenvalue weighted by atomic mass is 35.5. The second kappa shape index (κ2) is 7.52. The van der Waals surface area contributed by atoms with E-state index < -0.39 is 0 Å². The van der Waals surface area contributed by atoms with Crippen LogP contribution in [0, 0.1) is 5.92 Å². The fourth-order valence-corrected chi connectivity index (χ4v) is 4.20. The first kappa shape index (κ1) is 19.7. The Bertz CT molecular complexity index is 824. The van der Waals surface area contributed by atoms with Crippen molar-refractivity contribution in [3.63, 3.8) is 0 Å². The van der Waals surface area contributed by atoms with Crippen molar-refractivity contribution < 1.29 is 9.53 Å². The third kappa shape index (κ3) is 3.56. The molecular formula is C20H27ClN4O2. The van der Waals surface area contributed by atoms with Gasteiger partial charge in [0.25, 0.3) is 0 Å². The first-order valence-electron chi connectivity index (χ1n) is 9.16. The molecule has 2 aromatic rings. The zero-order valence-corrected chi connectivity index (χ0v) is 16.8. The van der Waals surface area contributed by atoms with Crippen LogP contribution in [0.25, 0.3) is 0 Å². The van der Waals surface area contributed by atoms with Crippen molar-refractivity contribution >= 4 is 18.3 Å². The Labute approximate surface area is 166 Å². The van der Waals surface area contributed by atoms with Crippen LogP contribution in [0.2, 0.25) is 0 Å². The number of rotatable bonds is 5. The van der Waals surface area contributed by atoms with E-state index in [1.807, 2.05) is 37.6 Å². The molecule has 1 saturated carbocycles. The van der Waals surface area contributed by atoms with Crippen LogP contribution in [0.3, 0.4) is 0 Å². The van der Waals surface area contributed by atoms with E-state index in [0.717, 1.165) is 24.3 Å². The average Bonchev–Trinajstić information content (AvgIpc) is 3.01. The van der Waals surface area contributed by atoms with E-state index in [1.54, 1.807) is 11.8 Å². The number of aromatic nitrogens is 2. The summed E-state index contributed by atoms with van der Waals surface area (Å²) < 4.78 is 7.30. The highest BCUT2D eigenvalue weighted by Gasteiger charge is 2.54. The number of para-hydroxylation sites is 1. The lowest BCUT2D eigenvalue weighted by Gasteiger charge is -2.20. The fraction of sp³-hybridized carbons (Fsp3) is 0.500. The molecule has 0 bridgehead atoms. The Morgan fingerprint density at radius 3 is 2.85 bits per heavy atom. The van der Waals surface area contributed by atoms with Crippen LogP contribution in [0.5, 0.6) is 5.75 Å². The van der Waals surface area contributed by atoms with Gasteiger partial charge < -0.3 is 15.4 Å². The quantitative estimate of drug-likeness (QED) is 0.819. The van der Waals surface area contributed by atoms with Gasteiger partial charge in [-0.2, -0.15) is 5.10 Å². The van der Waals surface area contributed by atoms with Gasteiger partial charge in [0.1, 0.15) is 5.75 Å². The number of hydrogen-bond acceptors (Lipinski definition) is 4. The molecule has 6 nitrogen and oxygen atoms in total. The van der Waals surface area contributed by atoms with E-state index in [1.165, 1.54) is 5.56 Å². The van der Waals surface area contributed by atoms with E-state index in [-0.39, 0.29) is 41.6 Å². The van der Waals surface area contributed by atoms with Crippen LogP contribution in [-0.4, -0.2) is 41.9 Å². The summed E-state index contributed by atoms with van der Waals surface area (Å²) in [4.78, 5) is 13.0. The molecule has 1 saturated heterocycles. The van der Waals surface area contributed by atoms with Gasteiger partial charge in [-0.3, -0.25) is 9.48 Å². The summed E-state index contributed by atoms with van der Waals surface area (Å²) in [5, 5.41) is 10.9. The largest absolute Gasteiger partial charge is 0.496 e. The summed E-state index contributed by atoms with van der Waals surface area (Å²) in [6, 6.07) is 8.24. The summed E-state index contributed by atoms with van der Waals surface area (Å²) in [7, 11) is 3.60. The van der Waals surface area contributed by atoms with Crippen molar-refractivity contribution in [2.75, 3.05) is 20.2 Å². The Morgan fingerprint density at radius 2 is 2.15 bits per heavy atom. The number of halogens is 1. The van der Waals surface area contributed by atoms with Crippen LogP contribution in [0.1, 0.15) is 30.4 Å². The molecule has 4 atom stereocenters. The first-order chi connectivity index (χ1) is 12.5. The molecule has 1 aromatic heterocycles. The Hall–Kier alpha value is -2.05. The minimum Gasteiger partial charge on any atom is -0.496 e. The number of aryl methyl sites for hydroxylation is 1. The second-order valence-corrected chi connectivity index (χ2v) is 7.70. The zero-order valence-electron chi connectivity index (χ0n) is 15.9. The van der Waals surface area contributed by atoms with Gasteiger partial charge >= 0.3 is 0 Å². The Morgan fingerprint density at radius 1 is 1.37 bits per heavy atom. The third-order valence-corrected chi connectivity index (χ3v) is 5.98. The topological polar surface area (TPSA) is 68.2 Å². The molecule has 1 amide bonds. The van der Waals surface area contributed by atoms with Crippen molar-refractivity contribution in [2.24, 2.45) is 13.0 Å². The second-order valence-electron chi connectivity index (χ2n) is 7.70. The molecule has 2 unspecified atom stereocenters. The number of nitrogens with zero attached hydrogens (tertiary/aromatic N) is 2. The SMILES string of the molecule is COc1ccccc1C1(C)CC1NC(=O)[C@H]1CNC[C@@H]1c1cnn(C)c1.Cl. The van der Waals surface area contributed by atoms with Gasteiger partial charge in [-0.1, -0.05) is 25.1 Å². The molecule has 2 fully saturated rings. The van der Waals surface area contributed by atoms with Crippen LogP contribution < -0.4 is 15.4 Å². The molecule has 2 heterocycles. The molecule has 1 aliphatic heterocycles. The van der Waals surface area contributed by atoms with E-state index in [0.29, 0.717) is 6.54 Å². The molecule has 0 spiro atoms. The van der Waals surface area contributed by atoms with Gasteiger partial charge in [-0.05, 0) is 18.1 Å². The number of carbonyl (C=O) groups is 1. The van der Waals surface area contributed by atoms with Crippen molar-refractivity contribution in [1.82, 2.24) is 20.4 Å². The van der Waals surface area contributed by atoms with Gasteiger partial charge in [0.15, 0.2) is 0 Å². The normalized spacial score (nSPS) is 29.1. The smallest absolute Gasteiger partial charge is 0.225 e. The van der Waals surface area contributed by atoms with Crippen molar-refractivity contribution in [3.8, 4) is 5.75 Å². The van der Waals surface area contributed by atoms with Gasteiger partial charge in [-0.15, -0.1) is 12.4 Å². The summed E-state index contributed by atoms with van der Waals surface area (Å²) in [5.41, 5.74) is 2.24. The predicted octanol–water partition coefficient (Wildman–Crippen LogP) is 2.00. The fourth-order valence-electron chi connectivity index (χ4n) is 4.20. The number of ether oxygens (including phenoxy) is 1. The van der Waals surface area contributed by atoms with Crippen LogP contribution >= 0.6 is 12.4 Å². The molecule has 1 aromatic carbocycles. The van der Waals surface area contributed by atoms with Crippen molar-refractivity contribution in [2.45, 2.75) is 30.7 Å². The van der Waals surface area contributed by atoms with E-state index in [2.05, 4.69) is 28.7 Å². The minimum absolute atomic E-state index is 0.